The number of nitrogens with zero attached hydrogens (tertiary/aromatic N) is 6. The van der Waals surface area contributed by atoms with Crippen molar-refractivity contribution < 1.29 is 0 Å². The highest BCUT2D eigenvalue weighted by Crippen LogP contribution is 2.47. The van der Waals surface area contributed by atoms with Gasteiger partial charge in [-0.1, -0.05) is 13.8 Å². The molecule has 2 aromatic heterocycles. The second-order valence-corrected chi connectivity index (χ2v) is 9.15. The number of aromatic nitrogens is 4. The van der Waals surface area contributed by atoms with Crippen LogP contribution in [0.3, 0.4) is 0 Å². The molecule has 24 heavy (non-hydrogen) atoms. The van der Waals surface area contributed by atoms with Crippen LogP contribution in [0.25, 0.3) is 5.65 Å². The predicted octanol–water partition coefficient (Wildman–Crippen LogP) is 2.17. The van der Waals surface area contributed by atoms with E-state index in [-0.39, 0.29) is 0 Å². The van der Waals surface area contributed by atoms with Gasteiger partial charge < -0.3 is 9.80 Å². The van der Waals surface area contributed by atoms with Gasteiger partial charge in [0.1, 0.15) is 6.33 Å². The van der Waals surface area contributed by atoms with Gasteiger partial charge in [-0.05, 0) is 43.2 Å². The summed E-state index contributed by atoms with van der Waals surface area (Å²) in [5, 5.41) is 13.2. The molecular formula is C18H26N6. The minimum absolute atomic E-state index is 0.333. The fourth-order valence-electron chi connectivity index (χ4n) is 5.50. The van der Waals surface area contributed by atoms with E-state index in [1.165, 1.54) is 43.7 Å². The van der Waals surface area contributed by atoms with Gasteiger partial charge in [0, 0.05) is 32.1 Å². The van der Waals surface area contributed by atoms with Gasteiger partial charge in [0.15, 0.2) is 0 Å². The van der Waals surface area contributed by atoms with E-state index < -0.39 is 0 Å². The maximum absolute atomic E-state index is 4.73. The van der Waals surface area contributed by atoms with Crippen molar-refractivity contribution in [2.75, 3.05) is 38.1 Å². The Hall–Kier alpha value is -1.69. The molecule has 2 aliphatic heterocycles. The third-order valence-electron chi connectivity index (χ3n) is 5.91. The Morgan fingerprint density at radius 2 is 1.79 bits per heavy atom. The van der Waals surface area contributed by atoms with E-state index in [1.54, 1.807) is 6.33 Å². The van der Waals surface area contributed by atoms with E-state index in [9.17, 15) is 0 Å². The normalized spacial score (nSPS) is 34.0. The molecule has 0 N–H and O–H groups in total. The molecule has 2 bridgehead atoms. The highest BCUT2D eigenvalue weighted by atomic mass is 15.4. The predicted molar refractivity (Wildman–Crippen MR) is 93.3 cm³/mol. The summed E-state index contributed by atoms with van der Waals surface area (Å²) in [6, 6.07) is 2.29. The zero-order chi connectivity index (χ0) is 16.5. The van der Waals surface area contributed by atoms with Crippen molar-refractivity contribution in [2.45, 2.75) is 39.0 Å². The number of rotatable bonds is 2. The Morgan fingerprint density at radius 1 is 1.08 bits per heavy atom. The van der Waals surface area contributed by atoms with Crippen molar-refractivity contribution in [1.29, 1.82) is 0 Å². The van der Waals surface area contributed by atoms with Crippen LogP contribution in [0.2, 0.25) is 0 Å². The molecule has 2 unspecified atom stereocenters. The molecule has 0 aromatic carbocycles. The van der Waals surface area contributed by atoms with Crippen LogP contribution in [0.4, 0.5) is 5.69 Å². The lowest BCUT2D eigenvalue weighted by molar-refractivity contribution is 0.00539. The van der Waals surface area contributed by atoms with Crippen LogP contribution >= 0.6 is 0 Å². The van der Waals surface area contributed by atoms with Crippen LogP contribution in [0.5, 0.6) is 0 Å². The SMILES string of the molecule is CN1CC2(C)CN(c3cc(C4CC4)nn4cnnc34)CC(C)(C1)C2. The first-order chi connectivity index (χ1) is 11.4. The van der Waals surface area contributed by atoms with Crippen LogP contribution < -0.4 is 4.90 Å². The van der Waals surface area contributed by atoms with Gasteiger partial charge in [-0.3, -0.25) is 0 Å². The van der Waals surface area contributed by atoms with Crippen molar-refractivity contribution in [3.05, 3.63) is 18.1 Å². The fourth-order valence-corrected chi connectivity index (χ4v) is 5.50. The number of hydrogen-bond acceptors (Lipinski definition) is 5. The van der Waals surface area contributed by atoms with Gasteiger partial charge in [0.2, 0.25) is 5.65 Å². The monoisotopic (exact) mass is 326 g/mol. The Bertz CT molecular complexity index is 776. The highest BCUT2D eigenvalue weighted by molar-refractivity contribution is 5.69. The number of anilines is 1. The van der Waals surface area contributed by atoms with Gasteiger partial charge in [0.05, 0.1) is 11.4 Å². The van der Waals surface area contributed by atoms with Gasteiger partial charge in [-0.15, -0.1) is 10.2 Å². The molecule has 0 spiro atoms. The molecule has 3 aliphatic rings. The molecule has 4 heterocycles. The largest absolute Gasteiger partial charge is 0.367 e. The van der Waals surface area contributed by atoms with Crippen molar-refractivity contribution in [3.8, 4) is 0 Å². The lowest BCUT2D eigenvalue weighted by atomic mass is 9.65. The lowest BCUT2D eigenvalue weighted by Gasteiger charge is -2.56. The summed E-state index contributed by atoms with van der Waals surface area (Å²) in [6.07, 6.45) is 5.58. The first kappa shape index (κ1) is 14.6. The smallest absolute Gasteiger partial charge is 0.200 e. The van der Waals surface area contributed by atoms with Crippen molar-refractivity contribution in [3.63, 3.8) is 0 Å². The van der Waals surface area contributed by atoms with Crippen molar-refractivity contribution >= 4 is 11.3 Å². The van der Waals surface area contributed by atoms with E-state index in [2.05, 4.69) is 47.0 Å². The fraction of sp³-hybridized carbons (Fsp3) is 0.722. The summed E-state index contributed by atoms with van der Waals surface area (Å²) in [6.45, 7) is 9.40. The quantitative estimate of drug-likeness (QED) is 0.846. The molecule has 6 nitrogen and oxygen atoms in total. The van der Waals surface area contributed by atoms with E-state index in [0.717, 1.165) is 18.7 Å². The van der Waals surface area contributed by atoms with Gasteiger partial charge >= 0.3 is 0 Å². The molecule has 0 radical (unpaired) electrons. The van der Waals surface area contributed by atoms with Crippen LogP contribution in [-0.4, -0.2) is 57.9 Å². The van der Waals surface area contributed by atoms with Crippen molar-refractivity contribution in [2.24, 2.45) is 10.8 Å². The summed E-state index contributed by atoms with van der Waals surface area (Å²) in [7, 11) is 2.26. The Labute approximate surface area is 142 Å². The van der Waals surface area contributed by atoms with Crippen LogP contribution in [0.15, 0.2) is 12.4 Å². The second kappa shape index (κ2) is 4.69. The number of piperidine rings is 2. The number of likely N-dealkylation sites (tertiary alicyclic amines) is 1. The average molecular weight is 326 g/mol. The molecule has 2 aromatic rings. The molecule has 6 heteroatoms. The summed E-state index contributed by atoms with van der Waals surface area (Å²) in [5.74, 6) is 0.636. The summed E-state index contributed by atoms with van der Waals surface area (Å²) in [4.78, 5) is 5.07. The van der Waals surface area contributed by atoms with Gasteiger partial charge in [0.25, 0.3) is 0 Å². The first-order valence-electron chi connectivity index (χ1n) is 9.08. The number of fused-ring (bicyclic) bond motifs is 3. The van der Waals surface area contributed by atoms with Crippen LogP contribution in [-0.2, 0) is 0 Å². The third-order valence-corrected chi connectivity index (χ3v) is 5.91. The maximum Gasteiger partial charge on any atom is 0.200 e. The van der Waals surface area contributed by atoms with E-state index in [1.807, 2.05) is 4.52 Å². The minimum atomic E-state index is 0.333. The molecule has 5 rings (SSSR count). The Morgan fingerprint density at radius 3 is 2.46 bits per heavy atom. The minimum Gasteiger partial charge on any atom is -0.367 e. The topological polar surface area (TPSA) is 49.6 Å². The van der Waals surface area contributed by atoms with Gasteiger partial charge in [-0.25, -0.2) is 0 Å². The third kappa shape index (κ3) is 2.31. The first-order valence-corrected chi connectivity index (χ1v) is 9.08. The maximum atomic E-state index is 4.73. The van der Waals surface area contributed by atoms with E-state index in [0.29, 0.717) is 16.7 Å². The Kier molecular flexibility index (Phi) is 2.86. The molecule has 2 atom stereocenters. The molecule has 1 aliphatic carbocycles. The van der Waals surface area contributed by atoms with E-state index >= 15 is 0 Å². The molecule has 1 saturated carbocycles. The standard InChI is InChI=1S/C18H26N6/c1-17-7-18(2,9-22(3)8-17)11-23(10-17)15-6-14(13-4-5-13)21-24-12-19-20-16(15)24/h6,12-13H,4-5,7-11H2,1-3H3. The molecular weight excluding hydrogens is 300 g/mol. The molecule has 3 fully saturated rings. The van der Waals surface area contributed by atoms with Gasteiger partial charge in [-0.2, -0.15) is 9.61 Å². The molecule has 2 saturated heterocycles. The molecule has 0 amide bonds. The summed E-state index contributed by atoms with van der Waals surface area (Å²) >= 11 is 0. The summed E-state index contributed by atoms with van der Waals surface area (Å²) in [5.41, 5.74) is 4.01. The van der Waals surface area contributed by atoms with Crippen molar-refractivity contribution in [1.82, 2.24) is 24.7 Å². The average Bonchev–Trinajstić information content (AvgIpc) is 3.21. The Balaban J connectivity index is 1.59. The van der Waals surface area contributed by atoms with Crippen LogP contribution in [0, 0.1) is 10.8 Å². The zero-order valence-corrected chi connectivity index (χ0v) is 14.9. The highest BCUT2D eigenvalue weighted by Gasteiger charge is 2.48. The number of hydrogen-bond donors (Lipinski definition) is 0. The lowest BCUT2D eigenvalue weighted by Crippen LogP contribution is -2.61. The summed E-state index contributed by atoms with van der Waals surface area (Å²) < 4.78 is 1.88. The second-order valence-electron chi connectivity index (χ2n) is 9.15. The molecule has 128 valence electrons. The van der Waals surface area contributed by atoms with E-state index in [4.69, 9.17) is 5.10 Å². The zero-order valence-electron chi connectivity index (χ0n) is 14.9. The van der Waals surface area contributed by atoms with Crippen LogP contribution in [0.1, 0.15) is 44.7 Å².